The normalized spacial score (nSPS) is 11.3. The van der Waals surface area contributed by atoms with Crippen molar-refractivity contribution in [3.63, 3.8) is 0 Å². The lowest BCUT2D eigenvalue weighted by atomic mass is 10.1. The topological polar surface area (TPSA) is 81.1 Å². The number of amides is 1. The first-order valence-electron chi connectivity index (χ1n) is 9.65. The number of hydrogen-bond donors (Lipinski definition) is 1. The predicted molar refractivity (Wildman–Crippen MR) is 121 cm³/mol. The molecule has 4 rings (SSSR count). The first-order valence-corrected chi connectivity index (χ1v) is 11.5. The summed E-state index contributed by atoms with van der Waals surface area (Å²) in [6, 6.07) is 23.7. The summed E-state index contributed by atoms with van der Waals surface area (Å²) in [4.78, 5) is 13.1. The minimum atomic E-state index is -3.30. The summed E-state index contributed by atoms with van der Waals surface area (Å²) in [5.41, 5.74) is 4.42. The number of hydrogen-bond acceptors (Lipinski definition) is 4. The smallest absolute Gasteiger partial charge is 0.255 e. The Bertz CT molecular complexity index is 1360. The molecule has 1 N–H and O–H groups in total. The molecule has 31 heavy (non-hydrogen) atoms. The number of benzene rings is 3. The van der Waals surface area contributed by atoms with Crippen molar-refractivity contribution >= 4 is 21.4 Å². The molecule has 0 saturated heterocycles. The Balaban J connectivity index is 1.62. The van der Waals surface area contributed by atoms with E-state index >= 15 is 0 Å². The summed E-state index contributed by atoms with van der Waals surface area (Å²) in [6.45, 7) is 1.76. The molecular weight excluding hydrogens is 410 g/mol. The average Bonchev–Trinajstić information content (AvgIpc) is 3.25. The fraction of sp³-hybridized carbons (Fsp3) is 0.0833. The van der Waals surface area contributed by atoms with Crippen LogP contribution in [0.5, 0.6) is 0 Å². The van der Waals surface area contributed by atoms with Crippen molar-refractivity contribution in [1.29, 1.82) is 0 Å². The van der Waals surface area contributed by atoms with Crippen LogP contribution in [-0.4, -0.2) is 30.4 Å². The molecule has 156 valence electrons. The summed E-state index contributed by atoms with van der Waals surface area (Å²) in [7, 11) is -3.30. The molecule has 4 aromatic rings. The Morgan fingerprint density at radius 3 is 2.42 bits per heavy atom. The lowest BCUT2D eigenvalue weighted by molar-refractivity contribution is 0.102. The number of rotatable bonds is 5. The molecule has 0 fully saturated rings. The van der Waals surface area contributed by atoms with E-state index in [0.29, 0.717) is 16.8 Å². The van der Waals surface area contributed by atoms with Crippen molar-refractivity contribution in [1.82, 2.24) is 9.78 Å². The Morgan fingerprint density at radius 2 is 1.71 bits per heavy atom. The molecule has 0 aliphatic carbocycles. The number of carbonyl (C=O) groups is 1. The molecule has 0 aliphatic rings. The zero-order valence-corrected chi connectivity index (χ0v) is 17.9. The van der Waals surface area contributed by atoms with Crippen molar-refractivity contribution in [2.24, 2.45) is 0 Å². The maximum Gasteiger partial charge on any atom is 0.255 e. The van der Waals surface area contributed by atoms with E-state index in [1.807, 2.05) is 42.5 Å². The SMILES string of the molecule is Cc1cc(S(C)(=O)=O)ccc1NC(=O)c1cccc(-n2nccc2-c2ccccc2)c1. The Kier molecular flexibility index (Phi) is 5.44. The van der Waals surface area contributed by atoms with E-state index in [2.05, 4.69) is 10.4 Å². The summed E-state index contributed by atoms with van der Waals surface area (Å²) < 4.78 is 25.2. The summed E-state index contributed by atoms with van der Waals surface area (Å²) in [5.74, 6) is -0.287. The van der Waals surface area contributed by atoms with Crippen LogP contribution < -0.4 is 5.32 Å². The second-order valence-electron chi connectivity index (χ2n) is 7.25. The standard InChI is InChI=1S/C24H21N3O3S/c1-17-15-21(31(2,29)30)11-12-22(17)26-24(28)19-9-6-10-20(16-19)27-23(13-14-25-27)18-7-4-3-5-8-18/h3-16H,1-2H3,(H,26,28). The van der Waals surface area contributed by atoms with Gasteiger partial charge in [-0.15, -0.1) is 0 Å². The van der Waals surface area contributed by atoms with Gasteiger partial charge in [-0.1, -0.05) is 36.4 Å². The van der Waals surface area contributed by atoms with Crippen molar-refractivity contribution in [3.05, 3.63) is 96.2 Å². The van der Waals surface area contributed by atoms with Crippen molar-refractivity contribution in [2.45, 2.75) is 11.8 Å². The maximum atomic E-state index is 12.9. The number of nitrogens with zero attached hydrogens (tertiary/aromatic N) is 2. The highest BCUT2D eigenvalue weighted by Gasteiger charge is 2.13. The first kappa shape index (κ1) is 20.6. The van der Waals surface area contributed by atoms with Gasteiger partial charge in [0.2, 0.25) is 0 Å². The molecule has 1 amide bonds. The molecule has 0 bridgehead atoms. The minimum Gasteiger partial charge on any atom is -0.322 e. The van der Waals surface area contributed by atoms with Gasteiger partial charge in [-0.05, 0) is 55.0 Å². The number of carbonyl (C=O) groups excluding carboxylic acids is 1. The van der Waals surface area contributed by atoms with Gasteiger partial charge in [0.15, 0.2) is 9.84 Å². The summed E-state index contributed by atoms with van der Waals surface area (Å²) in [6.07, 6.45) is 2.88. The van der Waals surface area contributed by atoms with E-state index in [4.69, 9.17) is 0 Å². The molecule has 0 aliphatic heterocycles. The maximum absolute atomic E-state index is 12.9. The van der Waals surface area contributed by atoms with Gasteiger partial charge in [0.05, 0.1) is 22.5 Å². The Labute approximate surface area is 181 Å². The van der Waals surface area contributed by atoms with Crippen LogP contribution in [0.15, 0.2) is 90.0 Å². The van der Waals surface area contributed by atoms with Crippen LogP contribution in [0.3, 0.4) is 0 Å². The van der Waals surface area contributed by atoms with E-state index in [1.54, 1.807) is 48.1 Å². The molecule has 0 atom stereocenters. The van der Waals surface area contributed by atoms with E-state index in [-0.39, 0.29) is 10.8 Å². The molecular formula is C24H21N3O3S. The summed E-state index contributed by atoms with van der Waals surface area (Å²) >= 11 is 0. The molecule has 3 aromatic carbocycles. The van der Waals surface area contributed by atoms with Gasteiger partial charge >= 0.3 is 0 Å². The van der Waals surface area contributed by atoms with Crippen LogP contribution in [0.2, 0.25) is 0 Å². The first-order chi connectivity index (χ1) is 14.8. The molecule has 7 heteroatoms. The fourth-order valence-corrected chi connectivity index (χ4v) is 4.02. The van der Waals surface area contributed by atoms with Gasteiger partial charge in [0.25, 0.3) is 5.91 Å². The second kappa shape index (κ2) is 8.20. The largest absolute Gasteiger partial charge is 0.322 e. The van der Waals surface area contributed by atoms with E-state index < -0.39 is 9.84 Å². The quantitative estimate of drug-likeness (QED) is 0.504. The number of aromatic nitrogens is 2. The Hall–Kier alpha value is -3.71. The van der Waals surface area contributed by atoms with Gasteiger partial charge in [-0.25, -0.2) is 13.1 Å². The fourth-order valence-electron chi connectivity index (χ4n) is 3.32. The van der Waals surface area contributed by atoms with Gasteiger partial charge in [-0.3, -0.25) is 4.79 Å². The number of nitrogens with one attached hydrogen (secondary N) is 1. The minimum absolute atomic E-state index is 0.220. The van der Waals surface area contributed by atoms with Crippen LogP contribution in [0.25, 0.3) is 16.9 Å². The Morgan fingerprint density at radius 1 is 0.935 bits per heavy atom. The number of sulfone groups is 1. The third-order valence-electron chi connectivity index (χ3n) is 4.94. The monoisotopic (exact) mass is 431 g/mol. The van der Waals surface area contributed by atoms with Crippen molar-refractivity contribution < 1.29 is 13.2 Å². The third kappa shape index (κ3) is 4.41. The predicted octanol–water partition coefficient (Wildman–Crippen LogP) is 4.50. The molecule has 0 spiro atoms. The zero-order chi connectivity index (χ0) is 22.0. The lowest BCUT2D eigenvalue weighted by Gasteiger charge is -2.12. The van der Waals surface area contributed by atoms with Crippen molar-refractivity contribution in [3.8, 4) is 16.9 Å². The highest BCUT2D eigenvalue weighted by atomic mass is 32.2. The lowest BCUT2D eigenvalue weighted by Crippen LogP contribution is -2.13. The van der Waals surface area contributed by atoms with Crippen LogP contribution in [-0.2, 0) is 9.84 Å². The van der Waals surface area contributed by atoms with Crippen LogP contribution in [0.4, 0.5) is 5.69 Å². The van der Waals surface area contributed by atoms with Gasteiger partial charge < -0.3 is 5.32 Å². The number of anilines is 1. The van der Waals surface area contributed by atoms with Crippen LogP contribution >= 0.6 is 0 Å². The average molecular weight is 432 g/mol. The van der Waals surface area contributed by atoms with E-state index in [1.165, 1.54) is 6.07 Å². The van der Waals surface area contributed by atoms with Gasteiger partial charge in [0, 0.05) is 23.1 Å². The van der Waals surface area contributed by atoms with Crippen molar-refractivity contribution in [2.75, 3.05) is 11.6 Å². The molecule has 0 unspecified atom stereocenters. The number of aryl methyl sites for hydroxylation is 1. The van der Waals surface area contributed by atoms with E-state index in [9.17, 15) is 13.2 Å². The van der Waals surface area contributed by atoms with Crippen LogP contribution in [0, 0.1) is 6.92 Å². The second-order valence-corrected chi connectivity index (χ2v) is 9.26. The highest BCUT2D eigenvalue weighted by molar-refractivity contribution is 7.90. The van der Waals surface area contributed by atoms with Gasteiger partial charge in [0.1, 0.15) is 0 Å². The molecule has 0 radical (unpaired) electrons. The third-order valence-corrected chi connectivity index (χ3v) is 6.05. The van der Waals surface area contributed by atoms with Gasteiger partial charge in [-0.2, -0.15) is 5.10 Å². The van der Waals surface area contributed by atoms with Crippen LogP contribution in [0.1, 0.15) is 15.9 Å². The highest BCUT2D eigenvalue weighted by Crippen LogP contribution is 2.24. The summed E-state index contributed by atoms with van der Waals surface area (Å²) in [5, 5.41) is 7.28. The molecule has 0 saturated carbocycles. The van der Waals surface area contributed by atoms with E-state index in [0.717, 1.165) is 23.2 Å². The molecule has 1 heterocycles. The zero-order valence-electron chi connectivity index (χ0n) is 17.1. The molecule has 1 aromatic heterocycles. The molecule has 6 nitrogen and oxygen atoms in total.